The zero-order valence-corrected chi connectivity index (χ0v) is 18.2. The molecule has 6 heteroatoms. The number of carbonyl (C=O) groups excluding carboxylic acids is 1. The van der Waals surface area contributed by atoms with Crippen molar-refractivity contribution < 1.29 is 13.9 Å². The molecule has 1 saturated heterocycles. The highest BCUT2D eigenvalue weighted by molar-refractivity contribution is 5.95. The van der Waals surface area contributed by atoms with Gasteiger partial charge >= 0.3 is 0 Å². The highest BCUT2D eigenvalue weighted by atomic mass is 19.1. The molecule has 0 aromatic heterocycles. The summed E-state index contributed by atoms with van der Waals surface area (Å²) in [4.78, 5) is 17.7. The molecule has 1 aliphatic heterocycles. The summed E-state index contributed by atoms with van der Waals surface area (Å²) < 4.78 is 18.8. The summed E-state index contributed by atoms with van der Waals surface area (Å²) in [5, 5.41) is 2.94. The first-order chi connectivity index (χ1) is 15.6. The van der Waals surface area contributed by atoms with Gasteiger partial charge in [0.25, 0.3) is 0 Å². The van der Waals surface area contributed by atoms with E-state index in [1.165, 1.54) is 17.8 Å². The highest BCUT2D eigenvalue weighted by Crippen LogP contribution is 2.28. The number of likely N-dealkylation sites (N-methyl/N-ethyl adjacent to an activating group) is 1. The van der Waals surface area contributed by atoms with Crippen molar-refractivity contribution in [2.24, 2.45) is 0 Å². The molecule has 1 heterocycles. The number of amides is 1. The van der Waals surface area contributed by atoms with Crippen LogP contribution in [-0.4, -0.2) is 44.2 Å². The van der Waals surface area contributed by atoms with Gasteiger partial charge in [-0.2, -0.15) is 0 Å². The summed E-state index contributed by atoms with van der Waals surface area (Å²) >= 11 is 0. The molecule has 4 rings (SSSR count). The molecular formula is C26H28FN3O2. The predicted molar refractivity (Wildman–Crippen MR) is 125 cm³/mol. The number of nitrogens with one attached hydrogen (secondary N) is 1. The van der Waals surface area contributed by atoms with Crippen LogP contribution >= 0.6 is 0 Å². The summed E-state index contributed by atoms with van der Waals surface area (Å²) in [6.45, 7) is 3.75. The second-order valence-electron chi connectivity index (χ2n) is 7.95. The summed E-state index contributed by atoms with van der Waals surface area (Å²) in [6, 6.07) is 23.4. The van der Waals surface area contributed by atoms with Gasteiger partial charge in [0.2, 0.25) is 5.91 Å². The first kappa shape index (κ1) is 22.0. The maximum Gasteiger partial charge on any atom is 0.246 e. The van der Waals surface area contributed by atoms with Gasteiger partial charge in [0.15, 0.2) is 0 Å². The zero-order valence-electron chi connectivity index (χ0n) is 18.2. The fraction of sp³-hybridized carbons (Fsp3) is 0.269. The van der Waals surface area contributed by atoms with Gasteiger partial charge in [0, 0.05) is 31.0 Å². The van der Waals surface area contributed by atoms with Crippen molar-refractivity contribution in [1.29, 1.82) is 0 Å². The molecular weight excluding hydrogens is 405 g/mol. The van der Waals surface area contributed by atoms with Crippen molar-refractivity contribution in [3.05, 3.63) is 95.8 Å². The van der Waals surface area contributed by atoms with Crippen molar-refractivity contribution >= 4 is 17.3 Å². The van der Waals surface area contributed by atoms with Crippen LogP contribution in [0.5, 0.6) is 0 Å². The highest BCUT2D eigenvalue weighted by Gasteiger charge is 2.26. The number of ether oxygens (including phenoxy) is 1. The first-order valence-electron chi connectivity index (χ1n) is 10.8. The number of nitrogens with zero attached hydrogens (tertiary/aromatic N) is 2. The van der Waals surface area contributed by atoms with E-state index < -0.39 is 6.04 Å². The molecule has 0 aliphatic carbocycles. The van der Waals surface area contributed by atoms with Crippen LogP contribution in [0.2, 0.25) is 0 Å². The minimum absolute atomic E-state index is 0.158. The van der Waals surface area contributed by atoms with Crippen LogP contribution < -0.4 is 10.2 Å². The largest absolute Gasteiger partial charge is 0.378 e. The average Bonchev–Trinajstić information content (AvgIpc) is 2.82. The molecule has 3 aromatic rings. The molecule has 0 saturated carbocycles. The molecule has 1 fully saturated rings. The van der Waals surface area contributed by atoms with Gasteiger partial charge in [-0.25, -0.2) is 4.39 Å². The fourth-order valence-corrected chi connectivity index (χ4v) is 4.10. The van der Waals surface area contributed by atoms with E-state index in [0.717, 1.165) is 37.4 Å². The third kappa shape index (κ3) is 5.33. The number of hydrogen-bond donors (Lipinski definition) is 1. The molecule has 0 bridgehead atoms. The number of morpholine rings is 1. The molecule has 1 amide bonds. The minimum Gasteiger partial charge on any atom is -0.378 e. The minimum atomic E-state index is -0.501. The van der Waals surface area contributed by atoms with E-state index in [9.17, 15) is 9.18 Å². The van der Waals surface area contributed by atoms with E-state index in [1.807, 2.05) is 54.4 Å². The SMILES string of the molecule is CN(Cc1ccccc1N1CCOCC1)[C@H](C(=O)Nc1ccc(F)cc1)c1ccccc1. The Hall–Kier alpha value is -3.22. The molecule has 166 valence electrons. The summed E-state index contributed by atoms with van der Waals surface area (Å²) in [7, 11) is 1.96. The van der Waals surface area contributed by atoms with Crippen LogP contribution in [0.4, 0.5) is 15.8 Å². The number of para-hydroxylation sites is 1. The number of hydrogen-bond acceptors (Lipinski definition) is 4. The quantitative estimate of drug-likeness (QED) is 0.597. The second kappa shape index (κ2) is 10.4. The Morgan fingerprint density at radius 3 is 2.38 bits per heavy atom. The lowest BCUT2D eigenvalue weighted by atomic mass is 10.0. The summed E-state index contributed by atoms with van der Waals surface area (Å²) in [6.07, 6.45) is 0. The van der Waals surface area contributed by atoms with Crippen molar-refractivity contribution in [2.75, 3.05) is 43.6 Å². The molecule has 1 atom stereocenters. The molecule has 5 nitrogen and oxygen atoms in total. The normalized spacial score (nSPS) is 14.9. The van der Waals surface area contributed by atoms with Crippen LogP contribution in [0.15, 0.2) is 78.9 Å². The van der Waals surface area contributed by atoms with Gasteiger partial charge in [-0.1, -0.05) is 48.5 Å². The van der Waals surface area contributed by atoms with E-state index in [2.05, 4.69) is 22.3 Å². The lowest BCUT2D eigenvalue weighted by molar-refractivity contribution is -0.121. The molecule has 32 heavy (non-hydrogen) atoms. The lowest BCUT2D eigenvalue weighted by Crippen LogP contribution is -2.38. The molecule has 1 N–H and O–H groups in total. The maximum atomic E-state index is 13.3. The second-order valence-corrected chi connectivity index (χ2v) is 7.95. The molecule has 0 radical (unpaired) electrons. The van der Waals surface area contributed by atoms with E-state index in [-0.39, 0.29) is 11.7 Å². The van der Waals surface area contributed by atoms with Gasteiger partial charge in [-0.3, -0.25) is 9.69 Å². The summed E-state index contributed by atoms with van der Waals surface area (Å²) in [5.74, 6) is -0.492. The van der Waals surface area contributed by atoms with Crippen molar-refractivity contribution in [3.63, 3.8) is 0 Å². The number of benzene rings is 3. The van der Waals surface area contributed by atoms with E-state index in [0.29, 0.717) is 12.2 Å². The topological polar surface area (TPSA) is 44.8 Å². The van der Waals surface area contributed by atoms with Crippen LogP contribution in [0, 0.1) is 5.82 Å². The fourth-order valence-electron chi connectivity index (χ4n) is 4.10. The third-order valence-electron chi connectivity index (χ3n) is 5.68. The van der Waals surface area contributed by atoms with E-state index >= 15 is 0 Å². The number of anilines is 2. The van der Waals surface area contributed by atoms with E-state index in [4.69, 9.17) is 4.74 Å². The van der Waals surface area contributed by atoms with Gasteiger partial charge in [0.05, 0.1) is 13.2 Å². The number of rotatable bonds is 7. The Morgan fingerprint density at radius 2 is 1.66 bits per heavy atom. The van der Waals surface area contributed by atoms with E-state index in [1.54, 1.807) is 12.1 Å². The van der Waals surface area contributed by atoms with Gasteiger partial charge < -0.3 is 15.0 Å². The zero-order chi connectivity index (χ0) is 22.3. The maximum absolute atomic E-state index is 13.3. The first-order valence-corrected chi connectivity index (χ1v) is 10.8. The number of carbonyl (C=O) groups is 1. The number of halogens is 1. The van der Waals surface area contributed by atoms with Crippen molar-refractivity contribution in [3.8, 4) is 0 Å². The van der Waals surface area contributed by atoms with Crippen LogP contribution in [0.1, 0.15) is 17.2 Å². The van der Waals surface area contributed by atoms with Crippen molar-refractivity contribution in [2.45, 2.75) is 12.6 Å². The molecule has 1 aliphatic rings. The Kier molecular flexibility index (Phi) is 7.14. The van der Waals surface area contributed by atoms with Crippen LogP contribution in [-0.2, 0) is 16.1 Å². The standard InChI is InChI=1S/C26H28FN3O2/c1-29(19-21-9-5-6-10-24(21)30-15-17-32-18-16-30)25(20-7-3-2-4-8-20)26(31)28-23-13-11-22(27)12-14-23/h2-14,25H,15-19H2,1H3,(H,28,31)/t25-/m0/s1. The Morgan fingerprint density at radius 1 is 1.00 bits per heavy atom. The molecule has 3 aromatic carbocycles. The smallest absolute Gasteiger partial charge is 0.246 e. The monoisotopic (exact) mass is 433 g/mol. The molecule has 0 spiro atoms. The average molecular weight is 434 g/mol. The van der Waals surface area contributed by atoms with Gasteiger partial charge in [-0.05, 0) is 48.5 Å². The lowest BCUT2D eigenvalue weighted by Gasteiger charge is -2.33. The predicted octanol–water partition coefficient (Wildman–Crippen LogP) is 4.47. The molecule has 0 unspecified atom stereocenters. The Labute approximate surface area is 188 Å². The van der Waals surface area contributed by atoms with Gasteiger partial charge in [-0.15, -0.1) is 0 Å². The van der Waals surface area contributed by atoms with Crippen LogP contribution in [0.25, 0.3) is 0 Å². The third-order valence-corrected chi connectivity index (χ3v) is 5.68. The Bertz CT molecular complexity index is 1020. The van der Waals surface area contributed by atoms with Crippen molar-refractivity contribution in [1.82, 2.24) is 4.90 Å². The Balaban J connectivity index is 1.58. The summed E-state index contributed by atoms with van der Waals surface area (Å²) in [5.41, 5.74) is 3.80. The van der Waals surface area contributed by atoms with Crippen LogP contribution in [0.3, 0.4) is 0 Å². The van der Waals surface area contributed by atoms with Gasteiger partial charge in [0.1, 0.15) is 11.9 Å².